The second-order valence-corrected chi connectivity index (χ2v) is 5.83. The van der Waals surface area contributed by atoms with Gasteiger partial charge in [0.2, 0.25) is 6.43 Å². The number of rotatable bonds is 5. The second kappa shape index (κ2) is 8.60. The van der Waals surface area contributed by atoms with Gasteiger partial charge in [-0.2, -0.15) is 0 Å². The Kier molecular flexibility index (Phi) is 6.78. The number of methoxy groups -OCH3 is 1. The Bertz CT molecular complexity index is 663. The Morgan fingerprint density at radius 1 is 1.12 bits per heavy atom. The minimum Gasteiger partial charge on any atom is -0.496 e. The number of hydrogen-bond donors (Lipinski definition) is 1. The van der Waals surface area contributed by atoms with Crippen molar-refractivity contribution in [2.24, 2.45) is 0 Å². The van der Waals surface area contributed by atoms with Gasteiger partial charge in [-0.1, -0.05) is 30.3 Å². The summed E-state index contributed by atoms with van der Waals surface area (Å²) in [5, 5.41) is 5.33. The van der Waals surface area contributed by atoms with Crippen LogP contribution in [0, 0.1) is 0 Å². The molecule has 2 aromatic rings. The lowest BCUT2D eigenvalue weighted by Gasteiger charge is -2.36. The molecule has 1 heterocycles. The molecule has 0 amide bonds. The van der Waals surface area contributed by atoms with Crippen molar-refractivity contribution in [1.29, 1.82) is 0 Å². The summed E-state index contributed by atoms with van der Waals surface area (Å²) in [6.45, 7) is 3.19. The molecule has 0 spiro atoms. The topological polar surface area (TPSA) is 24.5 Å². The van der Waals surface area contributed by atoms with Crippen LogP contribution in [-0.2, 0) is 0 Å². The molecule has 0 bridgehead atoms. The first kappa shape index (κ1) is 18.9. The van der Waals surface area contributed by atoms with Crippen molar-refractivity contribution in [2.75, 3.05) is 33.3 Å². The van der Waals surface area contributed by atoms with Gasteiger partial charge >= 0.3 is 0 Å². The van der Waals surface area contributed by atoms with Gasteiger partial charge in [-0.05, 0) is 16.8 Å². The first-order chi connectivity index (χ1) is 11.2. The van der Waals surface area contributed by atoms with Gasteiger partial charge in [0.25, 0.3) is 0 Å². The number of benzene rings is 2. The number of ether oxygens (including phenoxy) is 1. The highest BCUT2D eigenvalue weighted by molar-refractivity contribution is 5.88. The van der Waals surface area contributed by atoms with E-state index in [-0.39, 0.29) is 24.9 Å². The van der Waals surface area contributed by atoms with Gasteiger partial charge in [-0.3, -0.25) is 4.90 Å². The van der Waals surface area contributed by atoms with Crippen LogP contribution >= 0.6 is 12.4 Å². The second-order valence-electron chi connectivity index (χ2n) is 5.83. The Morgan fingerprint density at radius 2 is 1.83 bits per heavy atom. The zero-order valence-electron chi connectivity index (χ0n) is 13.7. The fourth-order valence-electron chi connectivity index (χ4n) is 3.41. The number of fused-ring (bicyclic) bond motifs is 1. The molecule has 6 heteroatoms. The van der Waals surface area contributed by atoms with E-state index in [1.165, 1.54) is 0 Å². The number of nitrogens with one attached hydrogen (secondary N) is 1. The molecule has 1 fully saturated rings. The SMILES string of the molecule is COc1ccc2ccccc2c1[C@@H](CC(F)F)N1CCNCC1.Cl. The molecule has 1 saturated heterocycles. The maximum absolute atomic E-state index is 13.3. The van der Waals surface area contributed by atoms with Crippen molar-refractivity contribution in [1.82, 2.24) is 10.2 Å². The van der Waals surface area contributed by atoms with Gasteiger partial charge < -0.3 is 10.1 Å². The van der Waals surface area contributed by atoms with E-state index in [1.807, 2.05) is 36.4 Å². The summed E-state index contributed by atoms with van der Waals surface area (Å²) in [7, 11) is 1.60. The van der Waals surface area contributed by atoms with Crippen LogP contribution in [0.25, 0.3) is 10.8 Å². The van der Waals surface area contributed by atoms with Crippen LogP contribution in [0.2, 0.25) is 0 Å². The van der Waals surface area contributed by atoms with Crippen molar-refractivity contribution in [2.45, 2.75) is 18.9 Å². The molecule has 2 aromatic carbocycles. The highest BCUT2D eigenvalue weighted by Crippen LogP contribution is 2.39. The minimum absolute atomic E-state index is 0. The third kappa shape index (κ3) is 3.97. The van der Waals surface area contributed by atoms with Crippen molar-refractivity contribution in [3.05, 3.63) is 42.0 Å². The summed E-state index contributed by atoms with van der Waals surface area (Å²) in [4.78, 5) is 2.15. The van der Waals surface area contributed by atoms with Gasteiger partial charge in [-0.25, -0.2) is 8.78 Å². The molecule has 24 heavy (non-hydrogen) atoms. The lowest BCUT2D eigenvalue weighted by Crippen LogP contribution is -2.45. The molecule has 0 unspecified atom stereocenters. The molecule has 132 valence electrons. The van der Waals surface area contributed by atoms with Gasteiger partial charge in [0.05, 0.1) is 7.11 Å². The van der Waals surface area contributed by atoms with Crippen LogP contribution < -0.4 is 10.1 Å². The fraction of sp³-hybridized carbons (Fsp3) is 0.444. The van der Waals surface area contributed by atoms with E-state index < -0.39 is 6.43 Å². The predicted octanol–water partition coefficient (Wildman–Crippen LogP) is 3.87. The van der Waals surface area contributed by atoms with E-state index in [0.29, 0.717) is 5.75 Å². The molecular formula is C18H23ClF2N2O. The number of alkyl halides is 2. The van der Waals surface area contributed by atoms with Crippen LogP contribution in [0.4, 0.5) is 8.78 Å². The van der Waals surface area contributed by atoms with E-state index >= 15 is 0 Å². The minimum atomic E-state index is -2.35. The number of nitrogens with zero attached hydrogens (tertiary/aromatic N) is 1. The summed E-state index contributed by atoms with van der Waals surface area (Å²) in [5.74, 6) is 0.688. The van der Waals surface area contributed by atoms with E-state index in [0.717, 1.165) is 42.5 Å². The summed E-state index contributed by atoms with van der Waals surface area (Å²) in [5.41, 5.74) is 0.882. The zero-order valence-corrected chi connectivity index (χ0v) is 14.5. The average molecular weight is 357 g/mol. The molecular weight excluding hydrogens is 334 g/mol. The average Bonchev–Trinajstić information content (AvgIpc) is 2.59. The largest absolute Gasteiger partial charge is 0.496 e. The van der Waals surface area contributed by atoms with Gasteiger partial charge in [0.1, 0.15) is 5.75 Å². The van der Waals surface area contributed by atoms with Crippen LogP contribution in [0.5, 0.6) is 5.75 Å². The normalized spacial score (nSPS) is 16.8. The molecule has 1 atom stereocenters. The maximum Gasteiger partial charge on any atom is 0.240 e. The maximum atomic E-state index is 13.3. The highest BCUT2D eigenvalue weighted by atomic mass is 35.5. The Hall–Kier alpha value is -1.43. The predicted molar refractivity (Wildman–Crippen MR) is 95.6 cm³/mol. The van der Waals surface area contributed by atoms with Gasteiger partial charge in [0, 0.05) is 44.2 Å². The molecule has 0 aromatic heterocycles. The lowest BCUT2D eigenvalue weighted by atomic mass is 9.94. The van der Waals surface area contributed by atoms with Gasteiger partial charge in [0.15, 0.2) is 0 Å². The van der Waals surface area contributed by atoms with E-state index in [9.17, 15) is 8.78 Å². The summed E-state index contributed by atoms with van der Waals surface area (Å²) < 4.78 is 32.1. The quantitative estimate of drug-likeness (QED) is 0.880. The van der Waals surface area contributed by atoms with E-state index in [1.54, 1.807) is 7.11 Å². The first-order valence-electron chi connectivity index (χ1n) is 7.99. The summed E-state index contributed by atoms with van der Waals surface area (Å²) >= 11 is 0. The third-order valence-electron chi connectivity index (χ3n) is 4.48. The molecule has 0 aliphatic carbocycles. The monoisotopic (exact) mass is 356 g/mol. The molecule has 3 nitrogen and oxygen atoms in total. The number of hydrogen-bond acceptors (Lipinski definition) is 3. The van der Waals surface area contributed by atoms with Crippen molar-refractivity contribution in [3.8, 4) is 5.75 Å². The molecule has 0 radical (unpaired) electrons. The summed E-state index contributed by atoms with van der Waals surface area (Å²) in [6.07, 6.45) is -2.52. The van der Waals surface area contributed by atoms with Crippen LogP contribution in [-0.4, -0.2) is 44.6 Å². The summed E-state index contributed by atoms with van der Waals surface area (Å²) in [6, 6.07) is 11.4. The Labute approximate surface area is 147 Å². The van der Waals surface area contributed by atoms with Crippen molar-refractivity contribution >= 4 is 23.2 Å². The van der Waals surface area contributed by atoms with Crippen LogP contribution in [0.15, 0.2) is 36.4 Å². The molecule has 1 aliphatic rings. The molecule has 0 saturated carbocycles. The standard InChI is InChI=1S/C18H22F2N2O.ClH/c1-23-16-7-6-13-4-2-3-5-14(13)18(16)15(12-17(19)20)22-10-8-21-9-11-22;/h2-7,15,17,21H,8-12H2,1H3;1H/t15-;/m1./s1. The van der Waals surface area contributed by atoms with Crippen molar-refractivity contribution in [3.63, 3.8) is 0 Å². The van der Waals surface area contributed by atoms with Crippen LogP contribution in [0.3, 0.4) is 0 Å². The fourth-order valence-corrected chi connectivity index (χ4v) is 3.41. The highest BCUT2D eigenvalue weighted by Gasteiger charge is 2.29. The molecule has 1 aliphatic heterocycles. The molecule has 3 rings (SSSR count). The smallest absolute Gasteiger partial charge is 0.240 e. The first-order valence-corrected chi connectivity index (χ1v) is 7.99. The number of halogens is 3. The number of piperazine rings is 1. The van der Waals surface area contributed by atoms with Gasteiger partial charge in [-0.15, -0.1) is 12.4 Å². The zero-order chi connectivity index (χ0) is 16.2. The lowest BCUT2D eigenvalue weighted by molar-refractivity contribution is 0.0735. The Balaban J connectivity index is 0.00000208. The van der Waals surface area contributed by atoms with E-state index in [2.05, 4.69) is 10.2 Å². The third-order valence-corrected chi connectivity index (χ3v) is 4.48. The van der Waals surface area contributed by atoms with Crippen LogP contribution in [0.1, 0.15) is 18.0 Å². The van der Waals surface area contributed by atoms with E-state index in [4.69, 9.17) is 4.74 Å². The Morgan fingerprint density at radius 3 is 2.50 bits per heavy atom. The molecule has 1 N–H and O–H groups in total. The van der Waals surface area contributed by atoms with Crippen molar-refractivity contribution < 1.29 is 13.5 Å².